The van der Waals surface area contributed by atoms with Crippen LogP contribution in [0.25, 0.3) is 0 Å². The van der Waals surface area contributed by atoms with Gasteiger partial charge in [-0.1, -0.05) is 0 Å². The first-order chi connectivity index (χ1) is 6.68. The van der Waals surface area contributed by atoms with Crippen molar-refractivity contribution < 1.29 is 9.84 Å². The van der Waals surface area contributed by atoms with E-state index in [1.54, 1.807) is 6.92 Å². The maximum Gasteiger partial charge on any atom is 0.0636 e. The molecule has 84 valence electrons. The summed E-state index contributed by atoms with van der Waals surface area (Å²) in [5.41, 5.74) is 0. The van der Waals surface area contributed by atoms with Gasteiger partial charge < -0.3 is 15.2 Å². The molecule has 4 heteroatoms. The molecule has 1 heterocycles. The molecule has 1 fully saturated rings. The Balaban J connectivity index is 2.09. The lowest BCUT2D eigenvalue weighted by atomic mass is 10.2. The highest BCUT2D eigenvalue weighted by atomic mass is 16.5. The average Bonchev–Trinajstić information content (AvgIpc) is 2.16. The van der Waals surface area contributed by atoms with Crippen LogP contribution in [0.4, 0.5) is 0 Å². The third-order valence-electron chi connectivity index (χ3n) is 2.40. The molecular formula is C10H22N2O2. The Morgan fingerprint density at radius 2 is 2.00 bits per heavy atom. The van der Waals surface area contributed by atoms with Crippen molar-refractivity contribution in [2.75, 3.05) is 39.4 Å². The van der Waals surface area contributed by atoms with E-state index in [0.29, 0.717) is 12.6 Å². The molecule has 0 aromatic heterocycles. The molecule has 14 heavy (non-hydrogen) atoms. The largest absolute Gasteiger partial charge is 0.392 e. The van der Waals surface area contributed by atoms with Gasteiger partial charge >= 0.3 is 0 Å². The highest BCUT2D eigenvalue weighted by Crippen LogP contribution is 1.98. The third kappa shape index (κ3) is 4.91. The quantitative estimate of drug-likeness (QED) is 0.641. The fourth-order valence-electron chi connectivity index (χ4n) is 1.61. The summed E-state index contributed by atoms with van der Waals surface area (Å²) in [6, 6.07) is 0.433. The van der Waals surface area contributed by atoms with Gasteiger partial charge in [0.2, 0.25) is 0 Å². The normalized spacial score (nSPS) is 23.4. The average molecular weight is 202 g/mol. The number of nitrogens with zero attached hydrogens (tertiary/aromatic N) is 1. The summed E-state index contributed by atoms with van der Waals surface area (Å²) in [6.07, 6.45) is -0.262. The van der Waals surface area contributed by atoms with Crippen molar-refractivity contribution in [3.8, 4) is 0 Å². The van der Waals surface area contributed by atoms with E-state index < -0.39 is 0 Å². The molecule has 0 aliphatic carbocycles. The highest BCUT2D eigenvalue weighted by molar-refractivity contribution is 4.70. The predicted octanol–water partition coefficient (Wildman–Crippen LogP) is -0.322. The van der Waals surface area contributed by atoms with E-state index in [1.807, 2.05) is 0 Å². The Bertz CT molecular complexity index is 147. The van der Waals surface area contributed by atoms with Gasteiger partial charge in [0.1, 0.15) is 0 Å². The third-order valence-corrected chi connectivity index (χ3v) is 2.40. The zero-order valence-corrected chi connectivity index (χ0v) is 9.20. The maximum atomic E-state index is 9.11. The molecule has 1 aliphatic heterocycles. The monoisotopic (exact) mass is 202 g/mol. The fourth-order valence-corrected chi connectivity index (χ4v) is 1.61. The Kier molecular flexibility index (Phi) is 5.40. The van der Waals surface area contributed by atoms with Gasteiger partial charge in [-0.3, -0.25) is 4.90 Å². The number of nitrogens with one attached hydrogen (secondary N) is 1. The summed E-state index contributed by atoms with van der Waals surface area (Å²) in [5.74, 6) is 0. The van der Waals surface area contributed by atoms with Gasteiger partial charge in [0, 0.05) is 32.2 Å². The lowest BCUT2D eigenvalue weighted by Crippen LogP contribution is -2.45. The second-order valence-corrected chi connectivity index (χ2v) is 4.07. The SMILES string of the molecule is CC(O)CNC(C)CN1CCOCC1. The fraction of sp³-hybridized carbons (Fsp3) is 1.00. The lowest BCUT2D eigenvalue weighted by molar-refractivity contribution is 0.0338. The molecule has 0 saturated carbocycles. The predicted molar refractivity (Wildman–Crippen MR) is 56.4 cm³/mol. The van der Waals surface area contributed by atoms with E-state index in [1.165, 1.54) is 0 Å². The standard InChI is InChI=1S/C10H22N2O2/c1-9(11-7-10(2)13)8-12-3-5-14-6-4-12/h9-11,13H,3-8H2,1-2H3. The zero-order chi connectivity index (χ0) is 10.4. The Labute approximate surface area is 86.2 Å². The number of aliphatic hydroxyl groups is 1. The Morgan fingerprint density at radius 1 is 1.36 bits per heavy atom. The summed E-state index contributed by atoms with van der Waals surface area (Å²) in [4.78, 5) is 2.39. The summed E-state index contributed by atoms with van der Waals surface area (Å²) >= 11 is 0. The van der Waals surface area contributed by atoms with Crippen molar-refractivity contribution in [2.24, 2.45) is 0 Å². The van der Waals surface area contributed by atoms with E-state index in [-0.39, 0.29) is 6.10 Å². The van der Waals surface area contributed by atoms with Crippen molar-refractivity contribution in [2.45, 2.75) is 26.0 Å². The van der Waals surface area contributed by atoms with Crippen LogP contribution in [0.5, 0.6) is 0 Å². The van der Waals surface area contributed by atoms with Crippen LogP contribution in [0.15, 0.2) is 0 Å². The van der Waals surface area contributed by atoms with E-state index in [4.69, 9.17) is 9.84 Å². The molecule has 2 unspecified atom stereocenters. The van der Waals surface area contributed by atoms with Crippen LogP contribution in [0.3, 0.4) is 0 Å². The number of rotatable bonds is 5. The van der Waals surface area contributed by atoms with Gasteiger partial charge in [-0.2, -0.15) is 0 Å². The number of aliphatic hydroxyl groups excluding tert-OH is 1. The van der Waals surface area contributed by atoms with Gasteiger partial charge in [0.15, 0.2) is 0 Å². The van der Waals surface area contributed by atoms with Crippen LogP contribution in [-0.4, -0.2) is 61.5 Å². The van der Waals surface area contributed by atoms with E-state index in [0.717, 1.165) is 32.8 Å². The van der Waals surface area contributed by atoms with E-state index >= 15 is 0 Å². The van der Waals surface area contributed by atoms with Crippen molar-refractivity contribution in [3.05, 3.63) is 0 Å². The van der Waals surface area contributed by atoms with Crippen LogP contribution in [0, 0.1) is 0 Å². The first-order valence-electron chi connectivity index (χ1n) is 5.40. The first kappa shape index (κ1) is 11.9. The second-order valence-electron chi connectivity index (χ2n) is 4.07. The molecule has 1 rings (SSSR count). The van der Waals surface area contributed by atoms with Crippen molar-refractivity contribution >= 4 is 0 Å². The minimum atomic E-state index is -0.262. The van der Waals surface area contributed by atoms with Crippen LogP contribution < -0.4 is 5.32 Å². The summed E-state index contributed by atoms with van der Waals surface area (Å²) in [5, 5.41) is 12.4. The molecule has 0 aromatic rings. The molecule has 0 amide bonds. The van der Waals surface area contributed by atoms with Crippen LogP contribution in [0.1, 0.15) is 13.8 Å². The summed E-state index contributed by atoms with van der Waals surface area (Å²) in [7, 11) is 0. The molecule has 1 saturated heterocycles. The number of ether oxygens (including phenoxy) is 1. The number of hydrogen-bond donors (Lipinski definition) is 2. The number of morpholine rings is 1. The van der Waals surface area contributed by atoms with E-state index in [9.17, 15) is 0 Å². The van der Waals surface area contributed by atoms with E-state index in [2.05, 4.69) is 17.1 Å². The summed E-state index contributed by atoms with van der Waals surface area (Å²) in [6.45, 7) is 9.42. The smallest absolute Gasteiger partial charge is 0.0636 e. The lowest BCUT2D eigenvalue weighted by Gasteiger charge is -2.29. The molecule has 0 aromatic carbocycles. The van der Waals surface area contributed by atoms with Crippen molar-refractivity contribution in [1.82, 2.24) is 10.2 Å². The minimum Gasteiger partial charge on any atom is -0.392 e. The van der Waals surface area contributed by atoms with Gasteiger partial charge in [0.05, 0.1) is 19.3 Å². The zero-order valence-electron chi connectivity index (χ0n) is 9.20. The molecule has 1 aliphatic rings. The van der Waals surface area contributed by atoms with Gasteiger partial charge in [0.25, 0.3) is 0 Å². The number of hydrogen-bond acceptors (Lipinski definition) is 4. The molecule has 0 spiro atoms. The Hall–Kier alpha value is -0.160. The first-order valence-corrected chi connectivity index (χ1v) is 5.40. The Morgan fingerprint density at radius 3 is 2.57 bits per heavy atom. The van der Waals surface area contributed by atoms with Crippen molar-refractivity contribution in [1.29, 1.82) is 0 Å². The highest BCUT2D eigenvalue weighted by Gasteiger charge is 2.13. The minimum absolute atomic E-state index is 0.262. The topological polar surface area (TPSA) is 44.7 Å². The molecule has 2 atom stereocenters. The summed E-state index contributed by atoms with van der Waals surface area (Å²) < 4.78 is 5.28. The van der Waals surface area contributed by atoms with Crippen molar-refractivity contribution in [3.63, 3.8) is 0 Å². The molecule has 0 bridgehead atoms. The molecule has 4 nitrogen and oxygen atoms in total. The van der Waals surface area contributed by atoms with Crippen LogP contribution in [0.2, 0.25) is 0 Å². The molecule has 2 N–H and O–H groups in total. The maximum absolute atomic E-state index is 9.11. The van der Waals surface area contributed by atoms with Gasteiger partial charge in [-0.05, 0) is 13.8 Å². The second kappa shape index (κ2) is 6.35. The molecular weight excluding hydrogens is 180 g/mol. The van der Waals surface area contributed by atoms with Crippen LogP contribution in [-0.2, 0) is 4.74 Å². The van der Waals surface area contributed by atoms with Crippen LogP contribution >= 0.6 is 0 Å². The van der Waals surface area contributed by atoms with Gasteiger partial charge in [-0.15, -0.1) is 0 Å². The van der Waals surface area contributed by atoms with Gasteiger partial charge in [-0.25, -0.2) is 0 Å². The molecule has 0 radical (unpaired) electrons.